The van der Waals surface area contributed by atoms with Crippen molar-refractivity contribution in [2.75, 3.05) is 13.6 Å². The Bertz CT molecular complexity index is 1060. The van der Waals surface area contributed by atoms with Crippen LogP contribution in [0.5, 0.6) is 0 Å². The molecular weight excluding hydrogens is 402 g/mol. The number of benzene rings is 2. The molecule has 7 heteroatoms. The molecule has 30 heavy (non-hydrogen) atoms. The topological polar surface area (TPSA) is 75.4 Å². The van der Waals surface area contributed by atoms with E-state index in [1.807, 2.05) is 25.2 Å². The van der Waals surface area contributed by atoms with Gasteiger partial charge >= 0.3 is 0 Å². The van der Waals surface area contributed by atoms with E-state index in [9.17, 15) is 9.59 Å². The highest BCUT2D eigenvalue weighted by Crippen LogP contribution is 2.33. The zero-order valence-corrected chi connectivity index (χ0v) is 17.6. The molecule has 0 bridgehead atoms. The molecule has 2 aromatic carbocycles. The Morgan fingerprint density at radius 1 is 1.23 bits per heavy atom. The number of hydrogen-bond donors (Lipinski definition) is 1. The molecule has 4 rings (SSSR count). The van der Waals surface area contributed by atoms with Gasteiger partial charge in [0.25, 0.3) is 5.91 Å². The van der Waals surface area contributed by atoms with Crippen molar-refractivity contribution in [1.29, 1.82) is 0 Å². The van der Waals surface area contributed by atoms with Crippen molar-refractivity contribution >= 4 is 34.9 Å². The summed E-state index contributed by atoms with van der Waals surface area (Å²) in [6.45, 7) is 0.571. The van der Waals surface area contributed by atoms with Gasteiger partial charge in [0, 0.05) is 42.2 Å². The quantitative estimate of drug-likeness (QED) is 0.338. The number of nitrogens with zero attached hydrogens (tertiary/aromatic N) is 2. The van der Waals surface area contributed by atoms with E-state index in [4.69, 9.17) is 16.0 Å². The summed E-state index contributed by atoms with van der Waals surface area (Å²) in [6, 6.07) is 12.6. The van der Waals surface area contributed by atoms with Crippen molar-refractivity contribution in [2.24, 2.45) is 0 Å². The van der Waals surface area contributed by atoms with Crippen LogP contribution in [0, 0.1) is 0 Å². The fourth-order valence-electron chi connectivity index (χ4n) is 4.12. The molecule has 0 radical (unpaired) electrons. The molecular formula is C23H24ClN3O3. The summed E-state index contributed by atoms with van der Waals surface area (Å²) in [5.41, 5.74) is 2.36. The van der Waals surface area contributed by atoms with E-state index < -0.39 is 5.66 Å². The van der Waals surface area contributed by atoms with Crippen LogP contribution in [-0.2, 0) is 4.79 Å². The monoisotopic (exact) mass is 425 g/mol. The van der Waals surface area contributed by atoms with Crippen LogP contribution in [0.15, 0.2) is 46.9 Å². The average molecular weight is 426 g/mol. The maximum atomic E-state index is 13.2. The maximum absolute atomic E-state index is 13.2. The SMILES string of the molecule is CN(C(=O)c1ccc(-c2nc3ccc(Cl)cc3o2)cc1)C1(NCCC=O)CCCC1. The Balaban J connectivity index is 1.53. The molecule has 1 amide bonds. The Hall–Kier alpha value is -2.70. The largest absolute Gasteiger partial charge is 0.436 e. The third-order valence-corrected chi connectivity index (χ3v) is 6.06. The zero-order valence-electron chi connectivity index (χ0n) is 16.9. The van der Waals surface area contributed by atoms with Gasteiger partial charge in [0.2, 0.25) is 5.89 Å². The van der Waals surface area contributed by atoms with Crippen LogP contribution in [0.4, 0.5) is 0 Å². The van der Waals surface area contributed by atoms with Gasteiger partial charge in [0.15, 0.2) is 5.58 Å². The fourth-order valence-corrected chi connectivity index (χ4v) is 4.28. The Morgan fingerprint density at radius 3 is 2.67 bits per heavy atom. The minimum atomic E-state index is -0.391. The molecule has 0 atom stereocenters. The van der Waals surface area contributed by atoms with Gasteiger partial charge in [-0.15, -0.1) is 0 Å². The smallest absolute Gasteiger partial charge is 0.255 e. The van der Waals surface area contributed by atoms with Crippen LogP contribution in [0.3, 0.4) is 0 Å². The first-order chi connectivity index (χ1) is 14.5. The van der Waals surface area contributed by atoms with E-state index in [0.29, 0.717) is 35.0 Å². The minimum Gasteiger partial charge on any atom is -0.436 e. The number of nitrogens with one attached hydrogen (secondary N) is 1. The highest BCUT2D eigenvalue weighted by atomic mass is 35.5. The lowest BCUT2D eigenvalue weighted by atomic mass is 10.0. The van der Waals surface area contributed by atoms with Crippen molar-refractivity contribution in [3.63, 3.8) is 0 Å². The fraction of sp³-hybridized carbons (Fsp3) is 0.348. The van der Waals surface area contributed by atoms with E-state index in [-0.39, 0.29) is 5.91 Å². The molecule has 1 fully saturated rings. The summed E-state index contributed by atoms with van der Waals surface area (Å²) in [5, 5.41) is 4.04. The van der Waals surface area contributed by atoms with Crippen LogP contribution >= 0.6 is 11.6 Å². The molecule has 0 saturated heterocycles. The van der Waals surface area contributed by atoms with Gasteiger partial charge in [-0.2, -0.15) is 0 Å². The molecule has 3 aromatic rings. The molecule has 156 valence electrons. The highest BCUT2D eigenvalue weighted by molar-refractivity contribution is 6.31. The van der Waals surface area contributed by atoms with Crippen LogP contribution in [0.2, 0.25) is 5.02 Å². The first kappa shape index (κ1) is 20.6. The number of aromatic nitrogens is 1. The van der Waals surface area contributed by atoms with E-state index in [2.05, 4.69) is 10.3 Å². The van der Waals surface area contributed by atoms with E-state index in [1.165, 1.54) is 0 Å². The van der Waals surface area contributed by atoms with Gasteiger partial charge in [-0.3, -0.25) is 10.1 Å². The first-order valence-electron chi connectivity index (χ1n) is 10.2. The minimum absolute atomic E-state index is 0.0496. The number of hydrogen-bond acceptors (Lipinski definition) is 5. The van der Waals surface area contributed by atoms with Crippen LogP contribution < -0.4 is 5.32 Å². The molecule has 0 unspecified atom stereocenters. The van der Waals surface area contributed by atoms with Gasteiger partial charge < -0.3 is 14.1 Å². The van der Waals surface area contributed by atoms with Gasteiger partial charge in [-0.05, 0) is 62.1 Å². The Morgan fingerprint density at radius 2 is 1.97 bits per heavy atom. The molecule has 1 aliphatic rings. The molecule has 1 heterocycles. The predicted octanol–water partition coefficient (Wildman–Crippen LogP) is 4.67. The lowest BCUT2D eigenvalue weighted by molar-refractivity contribution is -0.107. The second-order valence-electron chi connectivity index (χ2n) is 7.69. The number of amides is 1. The van der Waals surface area contributed by atoms with Crippen molar-refractivity contribution in [3.8, 4) is 11.5 Å². The van der Waals surface area contributed by atoms with E-state index in [1.54, 1.807) is 29.2 Å². The third-order valence-electron chi connectivity index (χ3n) is 5.82. The molecule has 6 nitrogen and oxygen atoms in total. The number of halogens is 1. The number of oxazole rings is 1. The first-order valence-corrected chi connectivity index (χ1v) is 10.5. The van der Waals surface area contributed by atoms with Crippen molar-refractivity contribution < 1.29 is 14.0 Å². The number of carbonyl (C=O) groups is 2. The maximum Gasteiger partial charge on any atom is 0.255 e. The Kier molecular flexibility index (Phi) is 5.88. The predicted molar refractivity (Wildman–Crippen MR) is 116 cm³/mol. The Labute approximate surface area is 180 Å². The lowest BCUT2D eigenvalue weighted by Gasteiger charge is -2.40. The summed E-state index contributed by atoms with van der Waals surface area (Å²) in [5.74, 6) is 0.439. The normalized spacial score (nSPS) is 15.4. The van der Waals surface area contributed by atoms with E-state index >= 15 is 0 Å². The summed E-state index contributed by atoms with van der Waals surface area (Å²) >= 11 is 6.01. The molecule has 1 aliphatic carbocycles. The zero-order chi connectivity index (χ0) is 21.1. The molecule has 0 aliphatic heterocycles. The number of rotatable bonds is 7. The number of aldehydes is 1. The van der Waals surface area contributed by atoms with Crippen LogP contribution in [-0.4, -0.2) is 41.3 Å². The van der Waals surface area contributed by atoms with Crippen molar-refractivity contribution in [1.82, 2.24) is 15.2 Å². The van der Waals surface area contributed by atoms with Crippen LogP contribution in [0.1, 0.15) is 42.5 Å². The standard InChI is InChI=1S/C23H24ClN3O3/c1-27(23(11-2-3-12-23)25-13-4-14-28)22(29)17-7-5-16(6-8-17)21-26-19-10-9-18(24)15-20(19)30-21/h5-10,14-15,25H,2-4,11-13H2,1H3. The summed E-state index contributed by atoms with van der Waals surface area (Å²) in [6.07, 6.45) is 5.23. The average Bonchev–Trinajstić information content (AvgIpc) is 3.40. The molecule has 1 aromatic heterocycles. The van der Waals surface area contributed by atoms with Gasteiger partial charge in [0.05, 0.1) is 5.66 Å². The van der Waals surface area contributed by atoms with Crippen LogP contribution in [0.25, 0.3) is 22.6 Å². The van der Waals surface area contributed by atoms with Gasteiger partial charge in [-0.1, -0.05) is 11.6 Å². The van der Waals surface area contributed by atoms with Gasteiger partial charge in [0.1, 0.15) is 11.8 Å². The second-order valence-corrected chi connectivity index (χ2v) is 8.13. The number of carbonyl (C=O) groups excluding carboxylic acids is 2. The molecule has 1 saturated carbocycles. The molecule has 0 spiro atoms. The highest BCUT2D eigenvalue weighted by Gasteiger charge is 2.39. The van der Waals surface area contributed by atoms with Crippen molar-refractivity contribution in [2.45, 2.75) is 37.8 Å². The summed E-state index contributed by atoms with van der Waals surface area (Å²) in [7, 11) is 1.83. The lowest BCUT2D eigenvalue weighted by Crippen LogP contribution is -2.57. The van der Waals surface area contributed by atoms with Gasteiger partial charge in [-0.25, -0.2) is 4.98 Å². The third kappa shape index (κ3) is 3.98. The second kappa shape index (κ2) is 8.58. The van der Waals surface area contributed by atoms with Crippen molar-refractivity contribution in [3.05, 3.63) is 53.1 Å². The van der Waals surface area contributed by atoms with E-state index in [0.717, 1.165) is 43.0 Å². The summed E-state index contributed by atoms with van der Waals surface area (Å²) < 4.78 is 5.81. The number of fused-ring (bicyclic) bond motifs is 1. The summed E-state index contributed by atoms with van der Waals surface area (Å²) in [4.78, 5) is 30.1. The molecule has 1 N–H and O–H groups in total.